The summed E-state index contributed by atoms with van der Waals surface area (Å²) < 4.78 is 35.3. The zero-order chi connectivity index (χ0) is 27.1. The van der Waals surface area contributed by atoms with Crippen LogP contribution in [0.4, 0.5) is 5.69 Å². The number of hydrogen-bond donors (Lipinski definition) is 1. The molecule has 2 aliphatic heterocycles. The fourth-order valence-corrected chi connectivity index (χ4v) is 8.34. The van der Waals surface area contributed by atoms with E-state index in [1.807, 2.05) is 51.1 Å². The first-order chi connectivity index (χ1) is 18.0. The SMILES string of the molecule is CCn1c(=O)oc2cc(NC(=O)CN3CCC4(CC3)CN(S(=O)(=O)Cc3ccccc3)C(C)(C)C4)ccc21. The summed E-state index contributed by atoms with van der Waals surface area (Å²) in [5, 5.41) is 2.91. The molecule has 2 saturated heterocycles. The number of amides is 1. The van der Waals surface area contributed by atoms with E-state index < -0.39 is 21.3 Å². The average molecular weight is 541 g/mol. The summed E-state index contributed by atoms with van der Waals surface area (Å²) in [5.74, 6) is -0.524. The number of hydrogen-bond acceptors (Lipinski definition) is 6. The van der Waals surface area contributed by atoms with Crippen LogP contribution in [-0.4, -0.2) is 59.8 Å². The lowest BCUT2D eigenvalue weighted by Gasteiger charge is -2.39. The number of nitrogens with one attached hydrogen (secondary N) is 1. The van der Waals surface area contributed by atoms with Gasteiger partial charge in [0.05, 0.1) is 17.8 Å². The number of piperidine rings is 1. The van der Waals surface area contributed by atoms with E-state index in [0.717, 1.165) is 37.9 Å². The van der Waals surface area contributed by atoms with Gasteiger partial charge in [-0.3, -0.25) is 14.3 Å². The molecule has 0 saturated carbocycles. The summed E-state index contributed by atoms with van der Waals surface area (Å²) in [6.45, 7) is 8.71. The Morgan fingerprint density at radius 3 is 2.47 bits per heavy atom. The van der Waals surface area contributed by atoms with Gasteiger partial charge >= 0.3 is 5.76 Å². The first-order valence-electron chi connectivity index (χ1n) is 13.2. The Morgan fingerprint density at radius 2 is 1.79 bits per heavy atom. The van der Waals surface area contributed by atoms with Gasteiger partial charge in [-0.05, 0) is 76.2 Å². The van der Waals surface area contributed by atoms with Crippen LogP contribution in [0.15, 0.2) is 57.7 Å². The number of anilines is 1. The van der Waals surface area contributed by atoms with Crippen molar-refractivity contribution in [3.05, 3.63) is 64.6 Å². The monoisotopic (exact) mass is 540 g/mol. The summed E-state index contributed by atoms with van der Waals surface area (Å²) in [5.41, 5.74) is 2.02. The Bertz CT molecular complexity index is 1480. The van der Waals surface area contributed by atoms with E-state index in [0.29, 0.717) is 29.9 Å². The lowest BCUT2D eigenvalue weighted by molar-refractivity contribution is -0.117. The highest BCUT2D eigenvalue weighted by Crippen LogP contribution is 2.49. The molecule has 5 rings (SSSR count). The molecule has 0 aliphatic carbocycles. The summed E-state index contributed by atoms with van der Waals surface area (Å²) in [6.07, 6.45) is 2.52. The molecule has 1 amide bonds. The molecule has 0 unspecified atom stereocenters. The van der Waals surface area contributed by atoms with Crippen LogP contribution >= 0.6 is 0 Å². The van der Waals surface area contributed by atoms with Gasteiger partial charge in [0.2, 0.25) is 15.9 Å². The Morgan fingerprint density at radius 1 is 1.08 bits per heavy atom. The largest absolute Gasteiger partial charge is 0.419 e. The molecule has 3 heterocycles. The van der Waals surface area contributed by atoms with E-state index >= 15 is 0 Å². The third-order valence-corrected chi connectivity index (χ3v) is 10.0. The Balaban J connectivity index is 1.18. The van der Waals surface area contributed by atoms with Crippen LogP contribution in [0, 0.1) is 5.41 Å². The van der Waals surface area contributed by atoms with Gasteiger partial charge < -0.3 is 9.73 Å². The number of nitrogens with zero attached hydrogens (tertiary/aromatic N) is 3. The number of oxazole rings is 1. The Kier molecular flexibility index (Phi) is 7.00. The molecule has 10 heteroatoms. The maximum absolute atomic E-state index is 13.4. The van der Waals surface area contributed by atoms with Gasteiger partial charge in [0.15, 0.2) is 5.58 Å². The third-order valence-electron chi connectivity index (χ3n) is 8.04. The molecule has 1 N–H and O–H groups in total. The van der Waals surface area contributed by atoms with Crippen molar-refractivity contribution < 1.29 is 17.6 Å². The van der Waals surface area contributed by atoms with Crippen molar-refractivity contribution in [1.29, 1.82) is 0 Å². The highest BCUT2D eigenvalue weighted by molar-refractivity contribution is 7.88. The second-order valence-electron chi connectivity index (χ2n) is 11.4. The number of rotatable bonds is 7. The molecule has 3 aromatic rings. The van der Waals surface area contributed by atoms with Crippen LogP contribution in [0.25, 0.3) is 11.1 Å². The number of likely N-dealkylation sites (tertiary alicyclic amines) is 1. The molecule has 204 valence electrons. The molecule has 2 aliphatic rings. The number of aromatic nitrogens is 1. The highest BCUT2D eigenvalue weighted by atomic mass is 32.2. The minimum absolute atomic E-state index is 0.0119. The molecular formula is C28H36N4O5S. The van der Waals surface area contributed by atoms with Crippen LogP contribution in [0.1, 0.15) is 45.6 Å². The number of aryl methyl sites for hydroxylation is 1. The minimum Gasteiger partial charge on any atom is -0.408 e. The van der Waals surface area contributed by atoms with E-state index in [-0.39, 0.29) is 23.6 Å². The normalized spacial score (nSPS) is 19.8. The molecule has 1 aromatic heterocycles. The zero-order valence-corrected chi connectivity index (χ0v) is 23.1. The maximum atomic E-state index is 13.4. The Labute approximate surface area is 223 Å². The maximum Gasteiger partial charge on any atom is 0.419 e. The zero-order valence-electron chi connectivity index (χ0n) is 22.3. The standard InChI is InChI=1S/C28H36N4O5S/c1-4-31-23-11-10-22(16-24(23)37-26(31)34)29-25(33)17-30-14-12-28(13-15-30)19-27(2,3)32(20-28)38(35,36)18-21-8-6-5-7-9-21/h5-11,16H,4,12-15,17-20H2,1-3H3,(H,29,33). The summed E-state index contributed by atoms with van der Waals surface area (Å²) in [6, 6.07) is 14.6. The molecule has 9 nitrogen and oxygen atoms in total. The molecule has 2 fully saturated rings. The molecule has 1 spiro atoms. The fraction of sp³-hybridized carbons (Fsp3) is 0.500. The van der Waals surface area contributed by atoms with E-state index in [1.165, 1.54) is 0 Å². The fourth-order valence-electron chi connectivity index (χ4n) is 6.29. The second-order valence-corrected chi connectivity index (χ2v) is 13.3. The van der Waals surface area contributed by atoms with Crippen molar-refractivity contribution in [3.63, 3.8) is 0 Å². The van der Waals surface area contributed by atoms with E-state index in [9.17, 15) is 18.0 Å². The van der Waals surface area contributed by atoms with Crippen molar-refractivity contribution >= 4 is 32.7 Å². The highest BCUT2D eigenvalue weighted by Gasteiger charge is 2.53. The second kappa shape index (κ2) is 9.98. The minimum atomic E-state index is -3.45. The topological polar surface area (TPSA) is 105 Å². The lowest BCUT2D eigenvalue weighted by atomic mass is 9.74. The molecule has 0 bridgehead atoms. The first kappa shape index (κ1) is 26.6. The van der Waals surface area contributed by atoms with Crippen molar-refractivity contribution in [1.82, 2.24) is 13.8 Å². The van der Waals surface area contributed by atoms with E-state index in [4.69, 9.17) is 4.42 Å². The number of sulfonamides is 1. The van der Waals surface area contributed by atoms with Gasteiger partial charge in [-0.1, -0.05) is 30.3 Å². The van der Waals surface area contributed by atoms with Gasteiger partial charge in [-0.15, -0.1) is 0 Å². The van der Waals surface area contributed by atoms with Crippen LogP contribution in [0.2, 0.25) is 0 Å². The third kappa shape index (κ3) is 5.30. The van der Waals surface area contributed by atoms with E-state index in [1.54, 1.807) is 27.1 Å². The van der Waals surface area contributed by atoms with Crippen molar-refractivity contribution in [2.45, 2.75) is 57.9 Å². The average Bonchev–Trinajstić information content (AvgIpc) is 3.32. The number of carbonyl (C=O) groups excluding carboxylic acids is 1. The van der Waals surface area contributed by atoms with Crippen molar-refractivity contribution in [3.8, 4) is 0 Å². The quantitative estimate of drug-likeness (QED) is 0.491. The van der Waals surface area contributed by atoms with Crippen LogP contribution in [-0.2, 0) is 27.1 Å². The van der Waals surface area contributed by atoms with Crippen LogP contribution in [0.5, 0.6) is 0 Å². The summed E-state index contributed by atoms with van der Waals surface area (Å²) in [7, 11) is -3.45. The smallest absolute Gasteiger partial charge is 0.408 e. The number of carbonyl (C=O) groups is 1. The number of benzene rings is 2. The van der Waals surface area contributed by atoms with Crippen molar-refractivity contribution in [2.24, 2.45) is 5.41 Å². The first-order valence-corrected chi connectivity index (χ1v) is 14.8. The molecule has 0 radical (unpaired) electrons. The lowest BCUT2D eigenvalue weighted by Crippen LogP contribution is -2.45. The van der Waals surface area contributed by atoms with Gasteiger partial charge in [0, 0.05) is 30.4 Å². The summed E-state index contributed by atoms with van der Waals surface area (Å²) >= 11 is 0. The predicted molar refractivity (Wildman–Crippen MR) is 147 cm³/mol. The van der Waals surface area contributed by atoms with E-state index in [2.05, 4.69) is 10.2 Å². The van der Waals surface area contributed by atoms with Gasteiger partial charge in [0.1, 0.15) is 0 Å². The number of fused-ring (bicyclic) bond motifs is 1. The van der Waals surface area contributed by atoms with Gasteiger partial charge in [-0.2, -0.15) is 4.31 Å². The van der Waals surface area contributed by atoms with Crippen LogP contribution < -0.4 is 11.1 Å². The summed E-state index contributed by atoms with van der Waals surface area (Å²) in [4.78, 5) is 26.8. The molecule has 2 aromatic carbocycles. The van der Waals surface area contributed by atoms with Gasteiger partial charge in [-0.25, -0.2) is 13.2 Å². The van der Waals surface area contributed by atoms with Gasteiger partial charge in [0.25, 0.3) is 0 Å². The Hall–Kier alpha value is -2.95. The molecule has 38 heavy (non-hydrogen) atoms. The van der Waals surface area contributed by atoms with Crippen LogP contribution in [0.3, 0.4) is 0 Å². The predicted octanol–water partition coefficient (Wildman–Crippen LogP) is 3.65. The van der Waals surface area contributed by atoms with Crippen molar-refractivity contribution in [2.75, 3.05) is 31.5 Å². The molecule has 0 atom stereocenters. The molecular weight excluding hydrogens is 504 g/mol.